The van der Waals surface area contributed by atoms with Gasteiger partial charge in [-0.3, -0.25) is 9.59 Å². The molecule has 1 aromatic rings. The van der Waals surface area contributed by atoms with E-state index in [0.29, 0.717) is 24.3 Å². The van der Waals surface area contributed by atoms with Crippen LogP contribution >= 0.6 is 0 Å². The van der Waals surface area contributed by atoms with E-state index in [1.807, 2.05) is 0 Å². The molecule has 5 nitrogen and oxygen atoms in total. The number of carbonyl (C=O) groups excluding carboxylic acids is 2. The smallest absolute Gasteiger partial charge is 0.229 e. The van der Waals surface area contributed by atoms with E-state index in [2.05, 4.69) is 17.5 Å². The fraction of sp³-hybridized carbons (Fsp3) is 0.450. The molecule has 1 atom stereocenters. The maximum Gasteiger partial charge on any atom is 0.229 e. The van der Waals surface area contributed by atoms with Gasteiger partial charge in [-0.2, -0.15) is 5.26 Å². The van der Waals surface area contributed by atoms with Crippen LogP contribution in [0.25, 0.3) is 0 Å². The largest absolute Gasteiger partial charge is 0.342 e. The van der Waals surface area contributed by atoms with Crippen molar-refractivity contribution in [3.63, 3.8) is 0 Å². The summed E-state index contributed by atoms with van der Waals surface area (Å²) in [5.74, 6) is -0.486. The molecule has 3 rings (SSSR count). The zero-order valence-corrected chi connectivity index (χ0v) is 14.3. The molecule has 2 amide bonds. The maximum atomic E-state index is 12.5. The predicted molar refractivity (Wildman–Crippen MR) is 95.6 cm³/mol. The number of para-hydroxylation sites is 1. The zero-order chi connectivity index (χ0) is 17.6. The van der Waals surface area contributed by atoms with Gasteiger partial charge in [0, 0.05) is 19.5 Å². The van der Waals surface area contributed by atoms with Crippen molar-refractivity contribution in [1.29, 1.82) is 5.26 Å². The summed E-state index contributed by atoms with van der Waals surface area (Å²) in [7, 11) is 0. The molecule has 1 unspecified atom stereocenters. The van der Waals surface area contributed by atoms with Gasteiger partial charge in [-0.15, -0.1) is 0 Å². The highest BCUT2D eigenvalue weighted by atomic mass is 16.2. The molecule has 0 saturated carbocycles. The third kappa shape index (κ3) is 4.27. The van der Waals surface area contributed by atoms with E-state index >= 15 is 0 Å². The summed E-state index contributed by atoms with van der Waals surface area (Å²) in [5, 5.41) is 11.9. The first-order valence-electron chi connectivity index (χ1n) is 8.93. The van der Waals surface area contributed by atoms with Crippen molar-refractivity contribution in [2.45, 2.75) is 38.5 Å². The summed E-state index contributed by atoms with van der Waals surface area (Å²) in [6.07, 6.45) is 8.25. The minimum atomic E-state index is -0.348. The Morgan fingerprint density at radius 3 is 2.92 bits per heavy atom. The second kappa shape index (κ2) is 7.98. The van der Waals surface area contributed by atoms with Gasteiger partial charge in [-0.05, 0) is 44.2 Å². The van der Waals surface area contributed by atoms with E-state index in [0.717, 1.165) is 19.3 Å². The first-order chi connectivity index (χ1) is 12.2. The Morgan fingerprint density at radius 1 is 1.32 bits per heavy atom. The van der Waals surface area contributed by atoms with Crippen LogP contribution in [0.2, 0.25) is 0 Å². The van der Waals surface area contributed by atoms with Gasteiger partial charge in [0.2, 0.25) is 11.8 Å². The molecule has 0 radical (unpaired) electrons. The Bertz CT molecular complexity index is 733. The van der Waals surface area contributed by atoms with Crippen molar-refractivity contribution in [2.75, 3.05) is 18.4 Å². The van der Waals surface area contributed by atoms with Crippen LogP contribution in [-0.2, 0) is 9.59 Å². The number of nitrogens with one attached hydrogen (secondary N) is 1. The van der Waals surface area contributed by atoms with Gasteiger partial charge in [0.25, 0.3) is 0 Å². The summed E-state index contributed by atoms with van der Waals surface area (Å²) >= 11 is 0. The minimum absolute atomic E-state index is 0.0464. The fourth-order valence-corrected chi connectivity index (χ4v) is 3.50. The number of rotatable bonds is 5. The first kappa shape index (κ1) is 17.2. The molecular formula is C20H23N3O2. The van der Waals surface area contributed by atoms with Crippen LogP contribution in [0.15, 0.2) is 35.9 Å². The van der Waals surface area contributed by atoms with Gasteiger partial charge < -0.3 is 10.2 Å². The zero-order valence-electron chi connectivity index (χ0n) is 14.3. The lowest BCUT2D eigenvalue weighted by Gasteiger charge is -2.19. The molecule has 1 aliphatic heterocycles. The average Bonchev–Trinajstić information content (AvgIpc) is 3.02. The number of nitrogens with zero attached hydrogens (tertiary/aromatic N) is 2. The van der Waals surface area contributed by atoms with Crippen LogP contribution in [0.4, 0.5) is 5.69 Å². The van der Waals surface area contributed by atoms with E-state index in [9.17, 15) is 9.59 Å². The fourth-order valence-electron chi connectivity index (χ4n) is 3.50. The molecule has 5 heteroatoms. The molecular weight excluding hydrogens is 314 g/mol. The Labute approximate surface area is 148 Å². The number of amides is 2. The van der Waals surface area contributed by atoms with Gasteiger partial charge >= 0.3 is 0 Å². The van der Waals surface area contributed by atoms with Gasteiger partial charge in [0.05, 0.1) is 17.2 Å². The minimum Gasteiger partial charge on any atom is -0.342 e. The highest BCUT2D eigenvalue weighted by molar-refractivity contribution is 5.98. The summed E-state index contributed by atoms with van der Waals surface area (Å²) < 4.78 is 0. The van der Waals surface area contributed by atoms with E-state index in [1.165, 1.54) is 18.4 Å². The lowest BCUT2D eigenvalue weighted by atomic mass is 9.97. The molecule has 1 aromatic carbocycles. The number of likely N-dealkylation sites (tertiary alicyclic amines) is 1. The second-order valence-electron chi connectivity index (χ2n) is 6.75. The Morgan fingerprint density at radius 2 is 2.16 bits per heavy atom. The average molecular weight is 337 g/mol. The maximum absolute atomic E-state index is 12.5. The molecule has 1 fully saturated rings. The Balaban J connectivity index is 1.55. The van der Waals surface area contributed by atoms with Gasteiger partial charge in [0.1, 0.15) is 6.07 Å². The van der Waals surface area contributed by atoms with Crippen LogP contribution in [0.3, 0.4) is 0 Å². The number of carbonyl (C=O) groups is 2. The standard InChI is InChI=1S/C20H23N3O2/c21-13-16-8-4-5-9-18(16)22-20(25)17-12-19(24)23(14-17)11-10-15-6-2-1-3-7-15/h4-6,8-9,17H,1-3,7,10-12,14H2,(H,22,25). The third-order valence-electron chi connectivity index (χ3n) is 4.98. The second-order valence-corrected chi connectivity index (χ2v) is 6.75. The van der Waals surface area contributed by atoms with Gasteiger partial charge in [0.15, 0.2) is 0 Å². The molecule has 0 aromatic heterocycles. The highest BCUT2D eigenvalue weighted by Gasteiger charge is 2.34. The monoisotopic (exact) mass is 337 g/mol. The van der Waals surface area contributed by atoms with E-state index in [4.69, 9.17) is 5.26 Å². The molecule has 1 saturated heterocycles. The van der Waals surface area contributed by atoms with Crippen LogP contribution in [0, 0.1) is 17.2 Å². The lowest BCUT2D eigenvalue weighted by Crippen LogP contribution is -2.29. The molecule has 130 valence electrons. The Hall–Kier alpha value is -2.61. The van der Waals surface area contributed by atoms with E-state index in [1.54, 1.807) is 29.2 Å². The van der Waals surface area contributed by atoms with Crippen LogP contribution < -0.4 is 5.32 Å². The van der Waals surface area contributed by atoms with Crippen molar-refractivity contribution in [3.8, 4) is 6.07 Å². The molecule has 1 N–H and O–H groups in total. The van der Waals surface area contributed by atoms with Crippen LogP contribution in [0.5, 0.6) is 0 Å². The number of hydrogen-bond donors (Lipinski definition) is 1. The van der Waals surface area contributed by atoms with Crippen LogP contribution in [0.1, 0.15) is 44.1 Å². The van der Waals surface area contributed by atoms with Crippen molar-refractivity contribution in [3.05, 3.63) is 41.5 Å². The quantitative estimate of drug-likeness (QED) is 0.838. The molecule has 0 spiro atoms. The number of benzene rings is 1. The summed E-state index contributed by atoms with van der Waals surface area (Å²) in [6, 6.07) is 8.98. The van der Waals surface area contributed by atoms with Crippen LogP contribution in [-0.4, -0.2) is 29.8 Å². The summed E-state index contributed by atoms with van der Waals surface area (Å²) in [4.78, 5) is 26.5. The first-order valence-corrected chi connectivity index (χ1v) is 8.93. The number of hydrogen-bond acceptors (Lipinski definition) is 3. The normalized spacial score (nSPS) is 20.1. The predicted octanol–water partition coefficient (Wildman–Crippen LogP) is 3.24. The van der Waals surface area contributed by atoms with Crippen molar-refractivity contribution < 1.29 is 9.59 Å². The molecule has 1 aliphatic carbocycles. The van der Waals surface area contributed by atoms with Gasteiger partial charge in [-0.25, -0.2) is 0 Å². The number of allylic oxidation sites excluding steroid dienone is 1. The van der Waals surface area contributed by atoms with E-state index < -0.39 is 0 Å². The topological polar surface area (TPSA) is 73.2 Å². The molecule has 1 heterocycles. The van der Waals surface area contributed by atoms with Crippen molar-refractivity contribution in [1.82, 2.24) is 4.90 Å². The van der Waals surface area contributed by atoms with Gasteiger partial charge in [-0.1, -0.05) is 23.8 Å². The van der Waals surface area contributed by atoms with Crippen molar-refractivity contribution >= 4 is 17.5 Å². The number of nitriles is 1. The lowest BCUT2D eigenvalue weighted by molar-refractivity contribution is -0.128. The highest BCUT2D eigenvalue weighted by Crippen LogP contribution is 2.24. The molecule has 0 bridgehead atoms. The third-order valence-corrected chi connectivity index (χ3v) is 4.98. The van der Waals surface area contributed by atoms with E-state index in [-0.39, 0.29) is 24.2 Å². The number of anilines is 1. The Kier molecular flexibility index (Phi) is 5.49. The SMILES string of the molecule is N#Cc1ccccc1NC(=O)C1CC(=O)N(CCC2=CCCCC2)C1. The molecule has 25 heavy (non-hydrogen) atoms. The molecule has 2 aliphatic rings. The van der Waals surface area contributed by atoms with Crippen molar-refractivity contribution in [2.24, 2.45) is 5.92 Å². The summed E-state index contributed by atoms with van der Waals surface area (Å²) in [6.45, 7) is 1.16. The summed E-state index contributed by atoms with van der Waals surface area (Å²) in [5.41, 5.74) is 2.38.